The number of carbonyl (C=O) groups is 3. The molecule has 0 aromatic carbocycles. The molecule has 6 nitrogen and oxygen atoms in total. The van der Waals surface area contributed by atoms with Gasteiger partial charge in [-0.3, -0.25) is 14.4 Å². The van der Waals surface area contributed by atoms with Crippen LogP contribution in [0.25, 0.3) is 0 Å². The van der Waals surface area contributed by atoms with Crippen LogP contribution in [0.3, 0.4) is 0 Å². The number of ketones is 3. The number of hydrogen-bond donors (Lipinski definition) is 3. The van der Waals surface area contributed by atoms with Gasteiger partial charge in [0.25, 0.3) is 0 Å². The molecule has 0 bridgehead atoms. The van der Waals surface area contributed by atoms with E-state index in [0.29, 0.717) is 0 Å². The average molecular weight is 359 g/mol. The van der Waals surface area contributed by atoms with Crippen molar-refractivity contribution in [2.24, 2.45) is 0 Å². The van der Waals surface area contributed by atoms with E-state index >= 15 is 0 Å². The van der Waals surface area contributed by atoms with Crippen molar-refractivity contribution >= 4 is 17.3 Å². The van der Waals surface area contributed by atoms with Gasteiger partial charge >= 0.3 is 0 Å². The second kappa shape index (κ2) is 17.2. The van der Waals surface area contributed by atoms with Gasteiger partial charge < -0.3 is 15.3 Å². The van der Waals surface area contributed by atoms with Gasteiger partial charge in [-0.25, -0.2) is 0 Å². The summed E-state index contributed by atoms with van der Waals surface area (Å²) in [7, 11) is 0. The normalized spacial score (nSPS) is 10.9. The van der Waals surface area contributed by atoms with Crippen LogP contribution in [0, 0.1) is 0 Å². The summed E-state index contributed by atoms with van der Waals surface area (Å²) >= 11 is 0. The summed E-state index contributed by atoms with van der Waals surface area (Å²) in [5.41, 5.74) is 0. The number of aliphatic hydroxyl groups excluding tert-OH is 3. The zero-order valence-electron chi connectivity index (χ0n) is 13.6. The van der Waals surface area contributed by atoms with Crippen LogP contribution < -0.4 is 0 Å². The van der Waals surface area contributed by atoms with Crippen molar-refractivity contribution in [1.82, 2.24) is 0 Å². The first kappa shape index (κ1) is 28.3. The molecule has 0 saturated heterocycles. The predicted molar refractivity (Wildman–Crippen MR) is 81.2 cm³/mol. The number of hydrogen-bond acceptors (Lipinski definition) is 6. The van der Waals surface area contributed by atoms with Crippen LogP contribution in [-0.2, 0) is 30.9 Å². The van der Waals surface area contributed by atoms with Crippen molar-refractivity contribution in [3.63, 3.8) is 0 Å². The number of aliphatic hydroxyl groups is 3. The van der Waals surface area contributed by atoms with E-state index in [2.05, 4.69) is 0 Å². The Labute approximate surface area is 141 Å². The molecule has 0 aliphatic carbocycles. The monoisotopic (exact) mass is 358 g/mol. The summed E-state index contributed by atoms with van der Waals surface area (Å²) in [6.07, 6.45) is 3.50. The Morgan fingerprint density at radius 2 is 0.682 bits per heavy atom. The maximum absolute atomic E-state index is 10.0. The molecule has 0 aromatic rings. The van der Waals surface area contributed by atoms with Crippen molar-refractivity contribution in [2.75, 3.05) is 0 Å². The minimum Gasteiger partial charge on any atom is -0.512 e. The molecular weight excluding hydrogens is 335 g/mol. The molecule has 0 unspecified atom stereocenters. The van der Waals surface area contributed by atoms with E-state index in [9.17, 15) is 14.4 Å². The molecule has 0 aliphatic heterocycles. The van der Waals surface area contributed by atoms with Gasteiger partial charge in [0, 0.05) is 34.7 Å². The Bertz CT molecular complexity index is 368. The van der Waals surface area contributed by atoms with E-state index < -0.39 is 0 Å². The van der Waals surface area contributed by atoms with E-state index in [1.807, 2.05) is 0 Å². The van der Waals surface area contributed by atoms with Gasteiger partial charge in [0.1, 0.15) is 0 Å². The Morgan fingerprint density at radius 1 is 0.545 bits per heavy atom. The third-order valence-corrected chi connectivity index (χ3v) is 1.24. The first-order valence-corrected chi connectivity index (χ1v) is 6.02. The minimum atomic E-state index is -0.125. The van der Waals surface area contributed by atoms with Gasteiger partial charge in [-0.15, -0.1) is 0 Å². The third kappa shape index (κ3) is 51.9. The van der Waals surface area contributed by atoms with Crippen LogP contribution in [0.5, 0.6) is 0 Å². The Hall–Kier alpha value is -1.88. The fourth-order valence-electron chi connectivity index (χ4n) is 0.882. The number of carbonyl (C=O) groups excluding carboxylic acids is 3. The summed E-state index contributed by atoms with van der Waals surface area (Å²) in [5.74, 6) is -0.187. The van der Waals surface area contributed by atoms with Crippen molar-refractivity contribution in [3.8, 4) is 0 Å². The Kier molecular flexibility index (Phi) is 22.1. The smallest absolute Gasteiger partial charge is 0.155 e. The van der Waals surface area contributed by atoms with Crippen LogP contribution >= 0.6 is 0 Å². The average Bonchev–Trinajstić information content (AvgIpc) is 2.10. The summed E-state index contributed by atoms with van der Waals surface area (Å²) < 4.78 is 0. The molecular formula is C15H24NiO6. The first-order chi connectivity index (χ1) is 9.38. The standard InChI is InChI=1S/3C5H8O2.Ni/c3*1-4(6)3-5(2)7;/h3*3,6H,1-2H3;/b3*4-3-;. The summed E-state index contributed by atoms with van der Waals surface area (Å²) in [6.45, 7) is 8.54. The summed E-state index contributed by atoms with van der Waals surface area (Å²) in [5, 5.41) is 25.1. The van der Waals surface area contributed by atoms with Gasteiger partial charge in [-0.1, -0.05) is 0 Å². The van der Waals surface area contributed by atoms with E-state index in [0.717, 1.165) is 0 Å². The fourth-order valence-corrected chi connectivity index (χ4v) is 0.882. The quantitative estimate of drug-likeness (QED) is 0.406. The maximum atomic E-state index is 10.0. The molecule has 0 heterocycles. The fraction of sp³-hybridized carbons (Fsp3) is 0.400. The SMILES string of the molecule is CC(=O)/C=C(/C)O.CC(=O)/C=C(/C)O.CC(=O)/C=C(/C)O.[Ni]. The molecule has 0 saturated carbocycles. The maximum Gasteiger partial charge on any atom is 0.155 e. The zero-order valence-corrected chi connectivity index (χ0v) is 14.6. The van der Waals surface area contributed by atoms with E-state index in [-0.39, 0.29) is 51.1 Å². The van der Waals surface area contributed by atoms with Gasteiger partial charge in [0.05, 0.1) is 17.3 Å². The van der Waals surface area contributed by atoms with Crippen LogP contribution in [-0.4, -0.2) is 32.7 Å². The minimum absolute atomic E-state index is 0. The molecule has 0 atom stereocenters. The first-order valence-electron chi connectivity index (χ1n) is 6.02. The molecule has 0 aromatic heterocycles. The predicted octanol–water partition coefficient (Wildman–Crippen LogP) is 3.11. The van der Waals surface area contributed by atoms with Crippen LogP contribution in [0.2, 0.25) is 0 Å². The molecule has 0 aliphatic rings. The molecule has 0 amide bonds. The molecule has 0 rings (SSSR count). The van der Waals surface area contributed by atoms with E-state index in [1.165, 1.54) is 59.8 Å². The van der Waals surface area contributed by atoms with E-state index in [1.54, 1.807) is 0 Å². The second-order valence-electron chi connectivity index (χ2n) is 4.19. The van der Waals surface area contributed by atoms with Gasteiger partial charge in [-0.05, 0) is 41.5 Å². The molecule has 0 radical (unpaired) electrons. The molecule has 0 spiro atoms. The number of allylic oxidation sites excluding steroid dienone is 6. The molecule has 0 fully saturated rings. The van der Waals surface area contributed by atoms with Crippen molar-refractivity contribution in [1.29, 1.82) is 0 Å². The number of rotatable bonds is 3. The molecule has 3 N–H and O–H groups in total. The summed E-state index contributed by atoms with van der Waals surface area (Å²) in [4.78, 5) is 30.1. The zero-order chi connectivity index (χ0) is 17.6. The molecule has 7 heteroatoms. The van der Waals surface area contributed by atoms with Gasteiger partial charge in [-0.2, -0.15) is 0 Å². The largest absolute Gasteiger partial charge is 0.512 e. The van der Waals surface area contributed by atoms with Gasteiger partial charge in [0.15, 0.2) is 17.3 Å². The van der Waals surface area contributed by atoms with Crippen molar-refractivity contribution in [3.05, 3.63) is 35.5 Å². The second-order valence-corrected chi connectivity index (χ2v) is 4.19. The molecule has 130 valence electrons. The van der Waals surface area contributed by atoms with Crippen molar-refractivity contribution < 1.29 is 46.2 Å². The summed E-state index contributed by atoms with van der Waals surface area (Å²) in [6, 6.07) is 0. The third-order valence-electron chi connectivity index (χ3n) is 1.24. The van der Waals surface area contributed by atoms with Gasteiger partial charge in [0.2, 0.25) is 0 Å². The van der Waals surface area contributed by atoms with Crippen LogP contribution in [0.1, 0.15) is 41.5 Å². The molecule has 22 heavy (non-hydrogen) atoms. The van der Waals surface area contributed by atoms with E-state index in [4.69, 9.17) is 15.3 Å². The topological polar surface area (TPSA) is 112 Å². The van der Waals surface area contributed by atoms with Crippen LogP contribution in [0.15, 0.2) is 35.5 Å². The van der Waals surface area contributed by atoms with Crippen molar-refractivity contribution in [2.45, 2.75) is 41.5 Å². The Balaban J connectivity index is -0.000000108. The van der Waals surface area contributed by atoms with Crippen LogP contribution in [0.4, 0.5) is 0 Å². The Morgan fingerprint density at radius 3 is 0.682 bits per heavy atom.